The van der Waals surface area contributed by atoms with E-state index in [0.29, 0.717) is 51.3 Å². The van der Waals surface area contributed by atoms with Crippen LogP contribution in [0.1, 0.15) is 20.7 Å². The summed E-state index contributed by atoms with van der Waals surface area (Å²) in [6.45, 7) is 1.63. The normalized spacial score (nSPS) is 10.8. The molecule has 0 bridgehead atoms. The molecule has 1 amide bonds. The van der Waals surface area contributed by atoms with Gasteiger partial charge in [-0.05, 0) is 72.9 Å². The topological polar surface area (TPSA) is 185 Å². The fourth-order valence-corrected chi connectivity index (χ4v) is 6.46. The fourth-order valence-electron chi connectivity index (χ4n) is 6.46. The second-order valence-electron chi connectivity index (χ2n) is 13.8. The minimum Gasteiger partial charge on any atom is -0.492 e. The largest absolute Gasteiger partial charge is 0.492 e. The maximum absolute atomic E-state index is 14.2. The second kappa shape index (κ2) is 19.1. The molecular weight excluding hydrogens is 774 g/mol. The zero-order valence-electron chi connectivity index (χ0n) is 33.2. The molecule has 0 aliphatic rings. The number of H-pyrrole nitrogens is 1. The molecule has 61 heavy (non-hydrogen) atoms. The molecule has 9 aromatic rings. The standard InChI is InChI=1S/C19H12N2O2.C18H12FN5O.C10H16N2O/c22-19(23)16-9-8-15(17-18(16)21-11-10-20-17)14-7-3-5-12-4-1-2-6-13(12)14;19-14-4-2-1-3-11(14)12-5-6-13(16-15(12)20-7-8-21-16)17(25)24-18-22-9-10-23-18;1-12(2)7-8-13-10-5-3-9(11)4-6-10/h1-11H,(H,22,23);1-10H,(H2,22,23,24,25);3-6H,7-8,11H2,1-2H3. The molecule has 3 heterocycles. The number of carboxylic acids is 1. The zero-order valence-corrected chi connectivity index (χ0v) is 33.2. The van der Waals surface area contributed by atoms with Gasteiger partial charge in [-0.25, -0.2) is 14.2 Å². The van der Waals surface area contributed by atoms with Gasteiger partial charge in [0, 0.05) is 66.1 Å². The van der Waals surface area contributed by atoms with Gasteiger partial charge in [-0.3, -0.25) is 30.0 Å². The predicted molar refractivity (Wildman–Crippen MR) is 236 cm³/mol. The van der Waals surface area contributed by atoms with Crippen LogP contribution in [0, 0.1) is 5.82 Å². The van der Waals surface area contributed by atoms with Crippen molar-refractivity contribution < 1.29 is 23.8 Å². The lowest BCUT2D eigenvalue weighted by Crippen LogP contribution is -2.19. The number of aromatic carboxylic acids is 1. The molecule has 5 N–H and O–H groups in total. The number of likely N-dealkylation sites (N-methyl/N-ethyl adjacent to an activating group) is 1. The first kappa shape index (κ1) is 41.1. The maximum Gasteiger partial charge on any atom is 0.337 e. The fraction of sp³-hybridized carbons (Fsp3) is 0.0851. The average Bonchev–Trinajstić information content (AvgIpc) is 3.80. The van der Waals surface area contributed by atoms with Crippen molar-refractivity contribution in [3.8, 4) is 28.0 Å². The average molecular weight is 814 g/mol. The number of aromatic amines is 1. The summed E-state index contributed by atoms with van der Waals surface area (Å²) in [6.07, 6.45) is 9.26. The highest BCUT2D eigenvalue weighted by Gasteiger charge is 2.18. The van der Waals surface area contributed by atoms with Crippen LogP contribution in [0.15, 0.2) is 152 Å². The minimum atomic E-state index is -1.00. The zero-order chi connectivity index (χ0) is 42.7. The molecule has 0 saturated heterocycles. The van der Waals surface area contributed by atoms with Crippen LogP contribution in [-0.2, 0) is 0 Å². The SMILES string of the molecule is CN(C)CCOc1ccc(N)cc1.O=C(Nc1ncc[nH]1)c1ccc(-c2ccccc2F)c2nccnc12.O=C(O)c1ccc(-c2cccc3ccccc23)c2nccnc12. The van der Waals surface area contributed by atoms with E-state index in [0.717, 1.165) is 39.9 Å². The van der Waals surface area contributed by atoms with Gasteiger partial charge >= 0.3 is 5.97 Å². The molecule has 3 aromatic heterocycles. The summed E-state index contributed by atoms with van der Waals surface area (Å²) in [7, 11) is 4.04. The van der Waals surface area contributed by atoms with Crippen LogP contribution in [0.4, 0.5) is 16.0 Å². The number of imidazole rings is 1. The third-order valence-electron chi connectivity index (χ3n) is 9.39. The van der Waals surface area contributed by atoms with Crippen molar-refractivity contribution in [1.29, 1.82) is 0 Å². The first-order valence-corrected chi connectivity index (χ1v) is 19.1. The molecule has 0 aliphatic carbocycles. The summed E-state index contributed by atoms with van der Waals surface area (Å²) >= 11 is 0. The first-order valence-electron chi connectivity index (χ1n) is 19.1. The molecule has 0 spiro atoms. The van der Waals surface area contributed by atoms with E-state index in [1.807, 2.05) is 68.7 Å². The van der Waals surface area contributed by atoms with Gasteiger partial charge in [-0.15, -0.1) is 0 Å². The molecule has 0 atom stereocenters. The molecule has 0 saturated carbocycles. The maximum atomic E-state index is 14.2. The summed E-state index contributed by atoms with van der Waals surface area (Å²) in [6, 6.07) is 34.7. The van der Waals surface area contributed by atoms with E-state index in [1.165, 1.54) is 30.9 Å². The molecule has 9 rings (SSSR count). The quantitative estimate of drug-likeness (QED) is 0.102. The lowest BCUT2D eigenvalue weighted by molar-refractivity contribution is 0.0698. The Morgan fingerprint density at radius 1 is 0.672 bits per heavy atom. The molecule has 304 valence electrons. The van der Waals surface area contributed by atoms with Crippen LogP contribution >= 0.6 is 0 Å². The number of amides is 1. The number of carbonyl (C=O) groups excluding carboxylic acids is 1. The van der Waals surface area contributed by atoms with E-state index in [9.17, 15) is 19.1 Å². The number of nitrogens with one attached hydrogen (secondary N) is 2. The van der Waals surface area contributed by atoms with Crippen molar-refractivity contribution in [2.75, 3.05) is 38.3 Å². The Balaban J connectivity index is 0.000000145. The van der Waals surface area contributed by atoms with Crippen LogP contribution in [-0.4, -0.2) is 79.0 Å². The van der Waals surface area contributed by atoms with Crippen LogP contribution < -0.4 is 15.8 Å². The van der Waals surface area contributed by atoms with E-state index in [-0.39, 0.29) is 17.3 Å². The molecule has 0 aliphatic heterocycles. The van der Waals surface area contributed by atoms with Crippen LogP contribution in [0.5, 0.6) is 5.75 Å². The molecule has 6 aromatic carbocycles. The van der Waals surface area contributed by atoms with E-state index < -0.39 is 5.97 Å². The predicted octanol–water partition coefficient (Wildman–Crippen LogP) is 8.77. The Bertz CT molecular complexity index is 2940. The highest BCUT2D eigenvalue weighted by Crippen LogP contribution is 2.34. The van der Waals surface area contributed by atoms with Gasteiger partial charge in [-0.1, -0.05) is 72.8 Å². The van der Waals surface area contributed by atoms with Gasteiger partial charge < -0.3 is 25.5 Å². The summed E-state index contributed by atoms with van der Waals surface area (Å²) in [5.41, 5.74) is 11.6. The van der Waals surface area contributed by atoms with Gasteiger partial charge in [0.15, 0.2) is 0 Å². The molecular formula is C47H40FN9O4. The van der Waals surface area contributed by atoms with Gasteiger partial charge in [-0.2, -0.15) is 0 Å². The van der Waals surface area contributed by atoms with Crippen molar-refractivity contribution in [3.05, 3.63) is 169 Å². The third-order valence-corrected chi connectivity index (χ3v) is 9.39. The van der Waals surface area contributed by atoms with E-state index >= 15 is 0 Å². The van der Waals surface area contributed by atoms with Gasteiger partial charge in [0.1, 0.15) is 29.2 Å². The number of benzene rings is 6. The Kier molecular flexibility index (Phi) is 12.9. The number of nitrogen functional groups attached to an aromatic ring is 1. The number of carboxylic acid groups (broad SMARTS) is 1. The summed E-state index contributed by atoms with van der Waals surface area (Å²) < 4.78 is 19.6. The number of aromatic nitrogens is 6. The molecule has 13 nitrogen and oxygen atoms in total. The number of rotatable bonds is 9. The Labute approximate surface area is 349 Å². The first-order chi connectivity index (χ1) is 29.7. The number of fused-ring (bicyclic) bond motifs is 3. The van der Waals surface area contributed by atoms with Crippen molar-refractivity contribution in [1.82, 2.24) is 34.8 Å². The second-order valence-corrected chi connectivity index (χ2v) is 13.8. The molecule has 14 heteroatoms. The highest BCUT2D eigenvalue weighted by atomic mass is 19.1. The van der Waals surface area contributed by atoms with Crippen molar-refractivity contribution >= 4 is 56.4 Å². The molecule has 0 radical (unpaired) electrons. The van der Waals surface area contributed by atoms with Crippen LogP contribution in [0.25, 0.3) is 55.1 Å². The number of ether oxygens (including phenoxy) is 1. The number of hydrogen-bond acceptors (Lipinski definition) is 10. The molecule has 0 unspecified atom stereocenters. The lowest BCUT2D eigenvalue weighted by atomic mass is 9.96. The Hall–Kier alpha value is -8.10. The van der Waals surface area contributed by atoms with Crippen molar-refractivity contribution in [3.63, 3.8) is 0 Å². The summed E-state index contributed by atoms with van der Waals surface area (Å²) in [4.78, 5) is 50.0. The van der Waals surface area contributed by atoms with Crippen molar-refractivity contribution in [2.24, 2.45) is 0 Å². The van der Waals surface area contributed by atoms with Crippen molar-refractivity contribution in [2.45, 2.75) is 0 Å². The monoisotopic (exact) mass is 813 g/mol. The third kappa shape index (κ3) is 9.79. The van der Waals surface area contributed by atoms with Gasteiger partial charge in [0.2, 0.25) is 5.95 Å². The smallest absolute Gasteiger partial charge is 0.337 e. The van der Waals surface area contributed by atoms with Gasteiger partial charge in [0.05, 0.1) is 22.2 Å². The number of hydrogen-bond donors (Lipinski definition) is 4. The number of halogens is 1. The van der Waals surface area contributed by atoms with E-state index in [2.05, 4.69) is 58.3 Å². The van der Waals surface area contributed by atoms with Gasteiger partial charge in [0.25, 0.3) is 5.91 Å². The van der Waals surface area contributed by atoms with E-state index in [4.69, 9.17) is 10.5 Å². The molecule has 0 fully saturated rings. The number of anilines is 2. The summed E-state index contributed by atoms with van der Waals surface area (Å²) in [5, 5.41) is 14.2. The Morgan fingerprint density at radius 3 is 1.92 bits per heavy atom. The van der Waals surface area contributed by atoms with E-state index in [1.54, 1.807) is 48.8 Å². The summed E-state index contributed by atoms with van der Waals surface area (Å²) in [5.74, 6) is -0.529. The number of nitrogens with two attached hydrogens (primary N) is 1. The highest BCUT2D eigenvalue weighted by molar-refractivity contribution is 6.13. The van der Waals surface area contributed by atoms with Crippen LogP contribution in [0.2, 0.25) is 0 Å². The number of nitrogens with zero attached hydrogens (tertiary/aromatic N) is 6. The van der Waals surface area contributed by atoms with Crippen LogP contribution in [0.3, 0.4) is 0 Å². The lowest BCUT2D eigenvalue weighted by Gasteiger charge is -2.10. The minimum absolute atomic E-state index is 0.164. The number of carbonyl (C=O) groups is 2. The Morgan fingerprint density at radius 2 is 1.26 bits per heavy atom.